The van der Waals surface area contributed by atoms with Crippen LogP contribution in [0.3, 0.4) is 0 Å². The standard InChI is InChI=1S/C13H23N5O/c1-8(2)11-9(3)15-12(16-13(11)17-14)10-7-18(4)5-6-19-10/h8,10H,5-7,14H2,1-4H3,(H,15,16,17). The number of rotatable bonds is 3. The summed E-state index contributed by atoms with van der Waals surface area (Å²) in [5, 5.41) is 0. The molecule has 6 nitrogen and oxygen atoms in total. The van der Waals surface area contributed by atoms with Crippen LogP contribution in [0.1, 0.15) is 43.0 Å². The van der Waals surface area contributed by atoms with Crippen molar-refractivity contribution in [1.29, 1.82) is 0 Å². The van der Waals surface area contributed by atoms with E-state index in [-0.39, 0.29) is 6.10 Å². The van der Waals surface area contributed by atoms with E-state index in [0.717, 1.165) is 24.3 Å². The third-order valence-corrected chi connectivity index (χ3v) is 3.43. The normalized spacial score (nSPS) is 20.8. The van der Waals surface area contributed by atoms with E-state index in [1.54, 1.807) is 0 Å². The molecule has 1 saturated heterocycles. The third-order valence-electron chi connectivity index (χ3n) is 3.43. The zero-order valence-corrected chi connectivity index (χ0v) is 12.1. The van der Waals surface area contributed by atoms with E-state index in [1.165, 1.54) is 0 Å². The Hall–Kier alpha value is -1.24. The van der Waals surface area contributed by atoms with Crippen molar-refractivity contribution in [2.24, 2.45) is 5.84 Å². The molecule has 1 aromatic heterocycles. The highest BCUT2D eigenvalue weighted by Gasteiger charge is 2.24. The van der Waals surface area contributed by atoms with Gasteiger partial charge in [0.15, 0.2) is 5.82 Å². The summed E-state index contributed by atoms with van der Waals surface area (Å²) in [5.41, 5.74) is 4.72. The summed E-state index contributed by atoms with van der Waals surface area (Å²) in [7, 11) is 2.08. The molecule has 0 saturated carbocycles. The number of likely N-dealkylation sites (N-methyl/N-ethyl adjacent to an activating group) is 1. The lowest BCUT2D eigenvalue weighted by molar-refractivity contribution is -0.0255. The molecule has 0 spiro atoms. The molecule has 1 atom stereocenters. The lowest BCUT2D eigenvalue weighted by Crippen LogP contribution is -2.36. The average molecular weight is 265 g/mol. The first-order valence-corrected chi connectivity index (χ1v) is 6.68. The fourth-order valence-corrected chi connectivity index (χ4v) is 2.48. The van der Waals surface area contributed by atoms with Crippen LogP contribution in [-0.2, 0) is 4.74 Å². The van der Waals surface area contributed by atoms with Crippen molar-refractivity contribution < 1.29 is 4.74 Å². The second-order valence-corrected chi connectivity index (χ2v) is 5.35. The van der Waals surface area contributed by atoms with E-state index in [0.29, 0.717) is 24.2 Å². The fraction of sp³-hybridized carbons (Fsp3) is 0.692. The van der Waals surface area contributed by atoms with Crippen LogP contribution in [0, 0.1) is 6.92 Å². The van der Waals surface area contributed by atoms with E-state index in [4.69, 9.17) is 10.6 Å². The maximum absolute atomic E-state index is 5.75. The van der Waals surface area contributed by atoms with Gasteiger partial charge >= 0.3 is 0 Å². The minimum atomic E-state index is -0.0780. The van der Waals surface area contributed by atoms with Crippen molar-refractivity contribution >= 4 is 5.82 Å². The third kappa shape index (κ3) is 3.02. The lowest BCUT2D eigenvalue weighted by Gasteiger charge is -2.29. The topological polar surface area (TPSA) is 76.3 Å². The number of nitrogens with two attached hydrogens (primary N) is 1. The van der Waals surface area contributed by atoms with Gasteiger partial charge in [-0.25, -0.2) is 15.8 Å². The van der Waals surface area contributed by atoms with Crippen LogP contribution in [-0.4, -0.2) is 41.6 Å². The van der Waals surface area contributed by atoms with E-state index in [2.05, 4.69) is 41.2 Å². The summed E-state index contributed by atoms with van der Waals surface area (Å²) < 4.78 is 5.75. The molecule has 0 aliphatic carbocycles. The van der Waals surface area contributed by atoms with Crippen LogP contribution < -0.4 is 11.3 Å². The number of hydrogen-bond acceptors (Lipinski definition) is 6. The SMILES string of the molecule is Cc1nc(C2CN(C)CCO2)nc(NN)c1C(C)C. The van der Waals surface area contributed by atoms with Gasteiger partial charge in [-0.3, -0.25) is 0 Å². The highest BCUT2D eigenvalue weighted by molar-refractivity contribution is 5.47. The summed E-state index contributed by atoms with van der Waals surface area (Å²) in [5.74, 6) is 7.33. The molecule has 0 aromatic carbocycles. The summed E-state index contributed by atoms with van der Waals surface area (Å²) in [6, 6.07) is 0. The van der Waals surface area contributed by atoms with Crippen LogP contribution in [0.25, 0.3) is 0 Å². The number of morpholine rings is 1. The number of ether oxygens (including phenoxy) is 1. The van der Waals surface area contributed by atoms with Crippen molar-refractivity contribution in [1.82, 2.24) is 14.9 Å². The van der Waals surface area contributed by atoms with Crippen molar-refractivity contribution in [3.05, 3.63) is 17.1 Å². The summed E-state index contributed by atoms with van der Waals surface area (Å²) in [4.78, 5) is 11.4. The van der Waals surface area contributed by atoms with Crippen LogP contribution >= 0.6 is 0 Å². The van der Waals surface area contributed by atoms with E-state index in [9.17, 15) is 0 Å². The Morgan fingerprint density at radius 1 is 1.42 bits per heavy atom. The first-order valence-electron chi connectivity index (χ1n) is 6.68. The smallest absolute Gasteiger partial charge is 0.161 e. The highest BCUT2D eigenvalue weighted by atomic mass is 16.5. The highest BCUT2D eigenvalue weighted by Crippen LogP contribution is 2.27. The number of nitrogens with zero attached hydrogens (tertiary/aromatic N) is 3. The quantitative estimate of drug-likeness (QED) is 0.631. The Morgan fingerprint density at radius 3 is 2.74 bits per heavy atom. The van der Waals surface area contributed by atoms with Gasteiger partial charge in [0, 0.05) is 24.3 Å². The average Bonchev–Trinajstić information content (AvgIpc) is 2.37. The molecular formula is C13H23N5O. The van der Waals surface area contributed by atoms with Crippen molar-refractivity contribution in [3.63, 3.8) is 0 Å². The minimum Gasteiger partial charge on any atom is -0.368 e. The maximum atomic E-state index is 5.75. The van der Waals surface area contributed by atoms with Gasteiger partial charge in [0.1, 0.15) is 11.9 Å². The van der Waals surface area contributed by atoms with Crippen molar-refractivity contribution in [2.45, 2.75) is 32.8 Å². The van der Waals surface area contributed by atoms with Crippen LogP contribution in [0.4, 0.5) is 5.82 Å². The molecule has 3 N–H and O–H groups in total. The summed E-state index contributed by atoms with van der Waals surface area (Å²) in [6.45, 7) is 8.68. The van der Waals surface area contributed by atoms with E-state index < -0.39 is 0 Å². The Bertz CT molecular complexity index is 449. The van der Waals surface area contributed by atoms with Gasteiger partial charge in [-0.2, -0.15) is 0 Å². The zero-order chi connectivity index (χ0) is 14.0. The molecule has 1 aliphatic heterocycles. The number of aromatic nitrogens is 2. The number of hydrazine groups is 1. The maximum Gasteiger partial charge on any atom is 0.161 e. The van der Waals surface area contributed by atoms with Crippen LogP contribution in [0.15, 0.2) is 0 Å². The van der Waals surface area contributed by atoms with Gasteiger partial charge in [0.05, 0.1) is 6.61 Å². The Labute approximate surface area is 114 Å². The Balaban J connectivity index is 2.34. The Kier molecular flexibility index (Phi) is 4.34. The number of nitrogens with one attached hydrogen (secondary N) is 1. The molecule has 0 bridgehead atoms. The van der Waals surface area contributed by atoms with E-state index >= 15 is 0 Å². The zero-order valence-electron chi connectivity index (χ0n) is 12.1. The van der Waals surface area contributed by atoms with Crippen molar-refractivity contribution in [2.75, 3.05) is 32.2 Å². The summed E-state index contributed by atoms with van der Waals surface area (Å²) >= 11 is 0. The monoisotopic (exact) mass is 265 g/mol. The second kappa shape index (κ2) is 5.81. The molecule has 19 heavy (non-hydrogen) atoms. The second-order valence-electron chi connectivity index (χ2n) is 5.35. The first kappa shape index (κ1) is 14.2. The predicted octanol–water partition coefficient (Wildman–Crippen LogP) is 1.20. The predicted molar refractivity (Wildman–Crippen MR) is 74.9 cm³/mol. The molecule has 0 radical (unpaired) electrons. The number of hydrogen-bond donors (Lipinski definition) is 2. The molecular weight excluding hydrogens is 242 g/mol. The molecule has 2 rings (SSSR count). The molecule has 1 aromatic rings. The van der Waals surface area contributed by atoms with Gasteiger partial charge in [0.2, 0.25) is 0 Å². The summed E-state index contributed by atoms with van der Waals surface area (Å²) in [6.07, 6.45) is -0.0780. The fourth-order valence-electron chi connectivity index (χ4n) is 2.48. The largest absolute Gasteiger partial charge is 0.368 e. The minimum absolute atomic E-state index is 0.0780. The molecule has 0 amide bonds. The van der Waals surface area contributed by atoms with Gasteiger partial charge in [-0.05, 0) is 19.9 Å². The molecule has 1 aliphatic rings. The number of anilines is 1. The molecule has 2 heterocycles. The lowest BCUT2D eigenvalue weighted by atomic mass is 10.0. The van der Waals surface area contributed by atoms with Gasteiger partial charge < -0.3 is 15.1 Å². The molecule has 1 unspecified atom stereocenters. The molecule has 106 valence electrons. The van der Waals surface area contributed by atoms with Crippen LogP contribution in [0.5, 0.6) is 0 Å². The molecule has 1 fully saturated rings. The van der Waals surface area contributed by atoms with Crippen LogP contribution in [0.2, 0.25) is 0 Å². The van der Waals surface area contributed by atoms with Crippen molar-refractivity contribution in [3.8, 4) is 0 Å². The van der Waals surface area contributed by atoms with E-state index in [1.807, 2.05) is 6.92 Å². The molecule has 6 heteroatoms. The number of aryl methyl sites for hydroxylation is 1. The Morgan fingerprint density at radius 2 is 2.16 bits per heavy atom. The van der Waals surface area contributed by atoms with Gasteiger partial charge in [0.25, 0.3) is 0 Å². The van der Waals surface area contributed by atoms with Gasteiger partial charge in [-0.1, -0.05) is 13.8 Å². The number of nitrogen functional groups attached to an aromatic ring is 1. The van der Waals surface area contributed by atoms with Gasteiger partial charge in [-0.15, -0.1) is 0 Å². The first-order chi connectivity index (χ1) is 9.02.